The van der Waals surface area contributed by atoms with E-state index in [9.17, 15) is 14.9 Å². The molecule has 1 amide bonds. The molecule has 1 saturated carbocycles. The Morgan fingerprint density at radius 3 is 2.42 bits per heavy atom. The Morgan fingerprint density at radius 2 is 1.88 bits per heavy atom. The standard InChI is InChI=1S/C16H23N3O5/c1-11(10-20)17-12-2-4-13(5-3-12)18-16(21)24-15-8-6-14(7-9-15)19(22)23/h6-9,11-13,17,20H,2-5,10H2,1H3,(H,18,21). The number of hydrogen-bond acceptors (Lipinski definition) is 6. The predicted octanol–water partition coefficient (Wildman–Crippen LogP) is 1.96. The van der Waals surface area contributed by atoms with Gasteiger partial charge in [0.05, 0.1) is 11.5 Å². The maximum atomic E-state index is 11.9. The Balaban J connectivity index is 1.74. The van der Waals surface area contributed by atoms with Gasteiger partial charge in [-0.1, -0.05) is 0 Å². The molecule has 2 rings (SSSR count). The zero-order valence-electron chi connectivity index (χ0n) is 13.6. The van der Waals surface area contributed by atoms with Crippen molar-refractivity contribution in [2.75, 3.05) is 6.61 Å². The van der Waals surface area contributed by atoms with Gasteiger partial charge >= 0.3 is 6.09 Å². The molecule has 0 saturated heterocycles. The van der Waals surface area contributed by atoms with Crippen LogP contribution in [0.2, 0.25) is 0 Å². The summed E-state index contributed by atoms with van der Waals surface area (Å²) in [6, 6.07) is 5.87. The van der Waals surface area contributed by atoms with Crippen LogP contribution in [0.3, 0.4) is 0 Å². The summed E-state index contributed by atoms with van der Waals surface area (Å²) in [6.45, 7) is 2.05. The van der Waals surface area contributed by atoms with Crippen molar-refractivity contribution in [3.8, 4) is 5.75 Å². The Morgan fingerprint density at radius 1 is 1.29 bits per heavy atom. The van der Waals surface area contributed by atoms with E-state index in [1.54, 1.807) is 0 Å². The third-order valence-corrected chi connectivity index (χ3v) is 4.10. The molecule has 1 aliphatic rings. The van der Waals surface area contributed by atoms with Crippen molar-refractivity contribution in [2.24, 2.45) is 0 Å². The summed E-state index contributed by atoms with van der Waals surface area (Å²) in [5.41, 5.74) is -0.0503. The number of non-ortho nitro benzene ring substituents is 1. The third kappa shape index (κ3) is 5.47. The second-order valence-corrected chi connectivity index (χ2v) is 6.08. The quantitative estimate of drug-likeness (QED) is 0.540. The van der Waals surface area contributed by atoms with Crippen LogP contribution in [-0.2, 0) is 0 Å². The molecule has 0 bridgehead atoms. The maximum absolute atomic E-state index is 11.9. The van der Waals surface area contributed by atoms with E-state index in [0.29, 0.717) is 6.04 Å². The van der Waals surface area contributed by atoms with E-state index in [2.05, 4.69) is 10.6 Å². The first kappa shape index (κ1) is 18.2. The number of benzene rings is 1. The molecule has 24 heavy (non-hydrogen) atoms. The van der Waals surface area contributed by atoms with Crippen molar-refractivity contribution < 1.29 is 19.6 Å². The summed E-state index contributed by atoms with van der Waals surface area (Å²) in [6.07, 6.45) is 2.97. The molecule has 0 radical (unpaired) electrons. The number of nitrogens with zero attached hydrogens (tertiary/aromatic N) is 1. The molecule has 3 N–H and O–H groups in total. The fourth-order valence-corrected chi connectivity index (χ4v) is 2.80. The summed E-state index contributed by atoms with van der Waals surface area (Å²) in [5, 5.41) is 25.8. The van der Waals surface area contributed by atoms with Crippen molar-refractivity contribution in [3.05, 3.63) is 34.4 Å². The molecule has 132 valence electrons. The van der Waals surface area contributed by atoms with E-state index >= 15 is 0 Å². The first-order valence-corrected chi connectivity index (χ1v) is 8.07. The van der Waals surface area contributed by atoms with Gasteiger partial charge in [-0.2, -0.15) is 0 Å². The lowest BCUT2D eigenvalue weighted by Crippen LogP contribution is -2.45. The van der Waals surface area contributed by atoms with Crippen molar-refractivity contribution in [1.29, 1.82) is 0 Å². The van der Waals surface area contributed by atoms with Crippen LogP contribution in [0.25, 0.3) is 0 Å². The summed E-state index contributed by atoms with van der Waals surface area (Å²) >= 11 is 0. The summed E-state index contributed by atoms with van der Waals surface area (Å²) < 4.78 is 5.14. The molecule has 1 aromatic carbocycles. The Bertz CT molecular complexity index is 555. The third-order valence-electron chi connectivity index (χ3n) is 4.10. The molecule has 0 aromatic heterocycles. The van der Waals surface area contributed by atoms with Gasteiger partial charge in [0.1, 0.15) is 5.75 Å². The van der Waals surface area contributed by atoms with Crippen LogP contribution in [0.5, 0.6) is 5.75 Å². The molecule has 1 atom stereocenters. The van der Waals surface area contributed by atoms with Crippen molar-refractivity contribution in [1.82, 2.24) is 10.6 Å². The molecule has 1 aliphatic carbocycles. The Kier molecular flexibility index (Phi) is 6.51. The number of hydrogen-bond donors (Lipinski definition) is 3. The number of carbonyl (C=O) groups excluding carboxylic acids is 1. The van der Waals surface area contributed by atoms with E-state index in [1.165, 1.54) is 24.3 Å². The van der Waals surface area contributed by atoms with Crippen LogP contribution in [0.4, 0.5) is 10.5 Å². The Hall–Kier alpha value is -2.19. The van der Waals surface area contributed by atoms with Gasteiger partial charge in [0.15, 0.2) is 0 Å². The highest BCUT2D eigenvalue weighted by molar-refractivity contribution is 5.70. The highest BCUT2D eigenvalue weighted by atomic mass is 16.6. The molecule has 8 heteroatoms. The van der Waals surface area contributed by atoms with Crippen LogP contribution in [0.1, 0.15) is 32.6 Å². The number of aliphatic hydroxyl groups is 1. The molecule has 0 heterocycles. The fraction of sp³-hybridized carbons (Fsp3) is 0.562. The average Bonchev–Trinajstić information content (AvgIpc) is 2.57. The van der Waals surface area contributed by atoms with Crippen molar-refractivity contribution in [2.45, 2.75) is 50.7 Å². The van der Waals surface area contributed by atoms with E-state index < -0.39 is 11.0 Å². The zero-order chi connectivity index (χ0) is 17.5. The predicted molar refractivity (Wildman–Crippen MR) is 88.0 cm³/mol. The lowest BCUT2D eigenvalue weighted by molar-refractivity contribution is -0.384. The van der Waals surface area contributed by atoms with Gasteiger partial charge in [-0.25, -0.2) is 4.79 Å². The molecule has 1 fully saturated rings. The fourth-order valence-electron chi connectivity index (χ4n) is 2.80. The first-order valence-electron chi connectivity index (χ1n) is 8.07. The normalized spacial score (nSPS) is 21.8. The first-order chi connectivity index (χ1) is 11.5. The van der Waals surface area contributed by atoms with E-state index in [1.807, 2.05) is 6.92 Å². The monoisotopic (exact) mass is 337 g/mol. The van der Waals surface area contributed by atoms with Crippen LogP contribution in [-0.4, -0.2) is 40.9 Å². The molecular formula is C16H23N3O5. The van der Waals surface area contributed by atoms with Gasteiger partial charge in [0.25, 0.3) is 5.69 Å². The molecule has 8 nitrogen and oxygen atoms in total. The molecule has 0 aliphatic heterocycles. The number of aliphatic hydroxyl groups excluding tert-OH is 1. The number of rotatable bonds is 6. The number of carbonyl (C=O) groups is 1. The van der Waals surface area contributed by atoms with E-state index in [4.69, 9.17) is 9.84 Å². The van der Waals surface area contributed by atoms with Gasteiger partial charge in [0, 0.05) is 30.3 Å². The Labute approximate surface area is 140 Å². The topological polar surface area (TPSA) is 114 Å². The van der Waals surface area contributed by atoms with E-state index in [-0.39, 0.29) is 30.1 Å². The van der Waals surface area contributed by atoms with Gasteiger partial charge in [0.2, 0.25) is 0 Å². The lowest BCUT2D eigenvalue weighted by Gasteiger charge is -2.31. The van der Waals surface area contributed by atoms with Crippen LogP contribution < -0.4 is 15.4 Å². The second kappa shape index (κ2) is 8.60. The van der Waals surface area contributed by atoms with Gasteiger partial charge < -0.3 is 20.5 Å². The minimum absolute atomic E-state index is 0.0503. The number of nitrogens with one attached hydrogen (secondary N) is 2. The summed E-state index contributed by atoms with van der Waals surface area (Å²) in [7, 11) is 0. The van der Waals surface area contributed by atoms with Crippen LogP contribution in [0.15, 0.2) is 24.3 Å². The summed E-state index contributed by atoms with van der Waals surface area (Å²) in [4.78, 5) is 22.0. The number of nitro benzene ring substituents is 1. The number of nitro groups is 1. The SMILES string of the molecule is CC(CO)NC1CCC(NC(=O)Oc2ccc([N+](=O)[O-])cc2)CC1. The molecular weight excluding hydrogens is 314 g/mol. The van der Waals surface area contributed by atoms with E-state index in [0.717, 1.165) is 25.7 Å². The maximum Gasteiger partial charge on any atom is 0.412 e. The van der Waals surface area contributed by atoms with Crippen LogP contribution >= 0.6 is 0 Å². The van der Waals surface area contributed by atoms with Gasteiger partial charge in [-0.05, 0) is 44.7 Å². The average molecular weight is 337 g/mol. The smallest absolute Gasteiger partial charge is 0.410 e. The largest absolute Gasteiger partial charge is 0.412 e. The molecule has 1 aromatic rings. The second-order valence-electron chi connectivity index (χ2n) is 6.08. The number of ether oxygens (including phenoxy) is 1. The summed E-state index contributed by atoms with van der Waals surface area (Å²) in [5.74, 6) is 0.269. The van der Waals surface area contributed by atoms with Gasteiger partial charge in [-0.15, -0.1) is 0 Å². The minimum atomic E-state index is -0.552. The van der Waals surface area contributed by atoms with Gasteiger partial charge in [-0.3, -0.25) is 10.1 Å². The highest BCUT2D eigenvalue weighted by Crippen LogP contribution is 2.20. The number of amides is 1. The molecule has 1 unspecified atom stereocenters. The van der Waals surface area contributed by atoms with Crippen LogP contribution in [0, 0.1) is 10.1 Å². The highest BCUT2D eigenvalue weighted by Gasteiger charge is 2.23. The van der Waals surface area contributed by atoms with Crippen molar-refractivity contribution >= 4 is 11.8 Å². The van der Waals surface area contributed by atoms with Crippen molar-refractivity contribution in [3.63, 3.8) is 0 Å². The lowest BCUT2D eigenvalue weighted by atomic mass is 9.91. The zero-order valence-corrected chi connectivity index (χ0v) is 13.6. The molecule has 0 spiro atoms. The minimum Gasteiger partial charge on any atom is -0.410 e.